The van der Waals surface area contributed by atoms with Crippen LogP contribution in [0.4, 0.5) is 5.69 Å². The molecule has 3 N–H and O–H groups in total. The molecule has 0 saturated carbocycles. The van der Waals surface area contributed by atoms with Gasteiger partial charge in [0.05, 0.1) is 0 Å². The van der Waals surface area contributed by atoms with E-state index in [1.807, 2.05) is 33.0 Å². The summed E-state index contributed by atoms with van der Waals surface area (Å²) in [5, 5.41) is 21.3. The van der Waals surface area contributed by atoms with Crippen LogP contribution in [0.2, 0.25) is 0 Å². The van der Waals surface area contributed by atoms with Gasteiger partial charge in [-0.2, -0.15) is 0 Å². The number of carboxylic acids is 2. The van der Waals surface area contributed by atoms with E-state index in [9.17, 15) is 9.59 Å². The molecular weight excluding hydrogens is 272 g/mol. The Balaban J connectivity index is 2.40. The third-order valence-electron chi connectivity index (χ3n) is 3.65. The minimum absolute atomic E-state index is 0.635. The van der Waals surface area contributed by atoms with Gasteiger partial charge in [-0.1, -0.05) is 0 Å². The number of aromatic nitrogens is 1. The average molecular weight is 288 g/mol. The van der Waals surface area contributed by atoms with Crippen molar-refractivity contribution in [3.8, 4) is 0 Å². The van der Waals surface area contributed by atoms with Gasteiger partial charge in [0, 0.05) is 35.5 Å². The predicted octanol–water partition coefficient (Wildman–Crippen LogP) is 2.26. The van der Waals surface area contributed by atoms with Crippen LogP contribution in [0, 0.1) is 13.8 Å². The number of aliphatic carboxylic acids is 2. The van der Waals surface area contributed by atoms with Crippen molar-refractivity contribution in [3.63, 3.8) is 0 Å². The maximum Gasteiger partial charge on any atom is 0.344 e. The molecule has 0 aliphatic rings. The van der Waals surface area contributed by atoms with Gasteiger partial charge in [-0.25, -0.2) is 9.59 Å². The first-order chi connectivity index (χ1) is 9.82. The van der Waals surface area contributed by atoms with Gasteiger partial charge in [-0.05, 0) is 37.6 Å². The lowest BCUT2D eigenvalue weighted by Crippen LogP contribution is -2.12. The van der Waals surface area contributed by atoms with E-state index in [1.165, 1.54) is 0 Å². The number of carboxylic acid groups (broad SMARTS) is 2. The molecule has 21 heavy (non-hydrogen) atoms. The van der Waals surface area contributed by atoms with E-state index in [0.717, 1.165) is 28.4 Å². The van der Waals surface area contributed by atoms with Crippen LogP contribution >= 0.6 is 0 Å². The Morgan fingerprint density at radius 2 is 1.81 bits per heavy atom. The highest BCUT2D eigenvalue weighted by atomic mass is 16.4. The second-order valence-corrected chi connectivity index (χ2v) is 4.81. The Bertz CT molecular complexity index is 756. The molecule has 6 heteroatoms. The topological polar surface area (TPSA) is 91.6 Å². The zero-order valence-electron chi connectivity index (χ0n) is 12.0. The maximum atomic E-state index is 10.8. The average Bonchev–Trinajstić information content (AvgIpc) is 2.63. The van der Waals surface area contributed by atoms with E-state index >= 15 is 0 Å². The summed E-state index contributed by atoms with van der Waals surface area (Å²) in [6.07, 6.45) is 0.983. The van der Waals surface area contributed by atoms with Gasteiger partial charge in [0.15, 0.2) is 5.57 Å². The van der Waals surface area contributed by atoms with Gasteiger partial charge in [0.2, 0.25) is 0 Å². The smallest absolute Gasteiger partial charge is 0.344 e. The first-order valence-electron chi connectivity index (χ1n) is 6.32. The van der Waals surface area contributed by atoms with Crippen molar-refractivity contribution in [1.29, 1.82) is 0 Å². The second kappa shape index (κ2) is 5.32. The molecule has 0 atom stereocenters. The van der Waals surface area contributed by atoms with Crippen LogP contribution in [-0.2, 0) is 16.6 Å². The summed E-state index contributed by atoms with van der Waals surface area (Å²) in [5.74, 6) is -2.97. The van der Waals surface area contributed by atoms with Gasteiger partial charge < -0.3 is 20.1 Å². The molecule has 0 amide bonds. The Morgan fingerprint density at radius 3 is 2.38 bits per heavy atom. The highest BCUT2D eigenvalue weighted by Gasteiger charge is 2.15. The number of fused-ring (bicyclic) bond motifs is 1. The molecule has 110 valence electrons. The summed E-state index contributed by atoms with van der Waals surface area (Å²) in [5.41, 5.74) is 3.27. The molecule has 0 saturated heterocycles. The van der Waals surface area contributed by atoms with Gasteiger partial charge in [-0.3, -0.25) is 0 Å². The van der Waals surface area contributed by atoms with Gasteiger partial charge in [-0.15, -0.1) is 0 Å². The minimum atomic E-state index is -1.48. The fourth-order valence-corrected chi connectivity index (χ4v) is 2.22. The minimum Gasteiger partial charge on any atom is -0.477 e. The number of rotatable bonds is 4. The molecule has 6 nitrogen and oxygen atoms in total. The van der Waals surface area contributed by atoms with Crippen molar-refractivity contribution in [1.82, 2.24) is 4.57 Å². The van der Waals surface area contributed by atoms with Crippen LogP contribution in [0.1, 0.15) is 11.3 Å². The number of hydrogen-bond acceptors (Lipinski definition) is 3. The van der Waals surface area contributed by atoms with Gasteiger partial charge in [0.1, 0.15) is 0 Å². The molecule has 0 aliphatic carbocycles. The summed E-state index contributed by atoms with van der Waals surface area (Å²) in [6.45, 7) is 4.03. The number of hydrogen-bond donors (Lipinski definition) is 3. The van der Waals surface area contributed by atoms with Crippen LogP contribution < -0.4 is 5.32 Å². The van der Waals surface area contributed by atoms with Crippen LogP contribution in [0.25, 0.3) is 10.9 Å². The largest absolute Gasteiger partial charge is 0.477 e. The molecule has 1 aromatic heterocycles. The van der Waals surface area contributed by atoms with Crippen LogP contribution in [0.5, 0.6) is 0 Å². The second-order valence-electron chi connectivity index (χ2n) is 4.81. The molecule has 1 aromatic carbocycles. The third-order valence-corrected chi connectivity index (χ3v) is 3.65. The van der Waals surface area contributed by atoms with Crippen LogP contribution in [0.15, 0.2) is 30.0 Å². The number of aryl methyl sites for hydroxylation is 2. The summed E-state index contributed by atoms with van der Waals surface area (Å²) >= 11 is 0. The lowest BCUT2D eigenvalue weighted by Gasteiger charge is -2.04. The van der Waals surface area contributed by atoms with E-state index in [2.05, 4.69) is 9.88 Å². The van der Waals surface area contributed by atoms with Crippen LogP contribution in [0.3, 0.4) is 0 Å². The van der Waals surface area contributed by atoms with Gasteiger partial charge >= 0.3 is 11.9 Å². The van der Waals surface area contributed by atoms with E-state index in [4.69, 9.17) is 10.2 Å². The standard InChI is InChI=1S/C15H16N2O4/c1-8-9(2)17(3)13-5-4-10(6-11(8)13)16-7-12(14(18)19)15(20)21/h4-7,16H,1-3H3,(H,18,19)(H,20,21). The van der Waals surface area contributed by atoms with Crippen molar-refractivity contribution >= 4 is 28.5 Å². The number of nitrogens with zero attached hydrogens (tertiary/aromatic N) is 1. The summed E-state index contributed by atoms with van der Waals surface area (Å²) in [6, 6.07) is 5.56. The monoisotopic (exact) mass is 288 g/mol. The number of nitrogens with one attached hydrogen (secondary N) is 1. The molecule has 0 bridgehead atoms. The Labute approximate surface area is 121 Å². The normalized spacial score (nSPS) is 10.4. The molecule has 2 aromatic rings. The van der Waals surface area contributed by atoms with E-state index in [0.29, 0.717) is 5.69 Å². The van der Waals surface area contributed by atoms with Crippen molar-refractivity contribution in [2.75, 3.05) is 5.32 Å². The lowest BCUT2D eigenvalue weighted by molar-refractivity contribution is -0.140. The quantitative estimate of drug-likeness (QED) is 0.456. The maximum absolute atomic E-state index is 10.8. The number of anilines is 1. The molecule has 0 unspecified atom stereocenters. The molecule has 0 aliphatic heterocycles. The summed E-state index contributed by atoms with van der Waals surface area (Å²) in [7, 11) is 1.98. The fraction of sp³-hybridized carbons (Fsp3) is 0.200. The first-order valence-corrected chi connectivity index (χ1v) is 6.32. The highest BCUT2D eigenvalue weighted by molar-refractivity contribution is 6.12. The lowest BCUT2D eigenvalue weighted by atomic mass is 10.1. The van der Waals surface area contributed by atoms with E-state index < -0.39 is 17.5 Å². The number of benzene rings is 1. The van der Waals surface area contributed by atoms with Crippen molar-refractivity contribution in [2.24, 2.45) is 7.05 Å². The Hall–Kier alpha value is -2.76. The van der Waals surface area contributed by atoms with E-state index in [1.54, 1.807) is 6.07 Å². The SMILES string of the molecule is Cc1c(C)n(C)c2ccc(NC=C(C(=O)O)C(=O)O)cc12. The van der Waals surface area contributed by atoms with Crippen molar-refractivity contribution < 1.29 is 19.8 Å². The number of carbonyl (C=O) groups is 2. The Morgan fingerprint density at radius 1 is 1.19 bits per heavy atom. The van der Waals surface area contributed by atoms with Crippen molar-refractivity contribution in [3.05, 3.63) is 41.2 Å². The summed E-state index contributed by atoms with van der Waals surface area (Å²) in [4.78, 5) is 21.6. The Kier molecular flexibility index (Phi) is 3.71. The third kappa shape index (κ3) is 2.60. The fourth-order valence-electron chi connectivity index (χ4n) is 2.22. The highest BCUT2D eigenvalue weighted by Crippen LogP contribution is 2.26. The molecule has 1 heterocycles. The molecule has 0 spiro atoms. The zero-order chi connectivity index (χ0) is 15.7. The summed E-state index contributed by atoms with van der Waals surface area (Å²) < 4.78 is 2.07. The van der Waals surface area contributed by atoms with E-state index in [-0.39, 0.29) is 0 Å². The first kappa shape index (κ1) is 14.6. The zero-order valence-corrected chi connectivity index (χ0v) is 12.0. The molecule has 0 fully saturated rings. The predicted molar refractivity (Wildman–Crippen MR) is 79.4 cm³/mol. The van der Waals surface area contributed by atoms with Gasteiger partial charge in [0.25, 0.3) is 0 Å². The molecule has 0 radical (unpaired) electrons. The van der Waals surface area contributed by atoms with Crippen molar-refractivity contribution in [2.45, 2.75) is 13.8 Å². The molecular formula is C15H16N2O4. The van der Waals surface area contributed by atoms with Crippen LogP contribution in [-0.4, -0.2) is 26.7 Å². The molecule has 2 rings (SSSR count).